The summed E-state index contributed by atoms with van der Waals surface area (Å²) in [7, 11) is 0. The summed E-state index contributed by atoms with van der Waals surface area (Å²) in [6, 6.07) is 21.3. The first kappa shape index (κ1) is 27.2. The average Bonchev–Trinajstić information content (AvgIpc) is 3.37. The summed E-state index contributed by atoms with van der Waals surface area (Å²) in [4.78, 5) is 40.8. The normalized spacial score (nSPS) is 17.0. The zero-order valence-electron chi connectivity index (χ0n) is 21.2. The molecule has 2 N–H and O–H groups in total. The second kappa shape index (κ2) is 11.8. The van der Waals surface area contributed by atoms with Crippen LogP contribution in [-0.4, -0.2) is 34.4 Å². The highest BCUT2D eigenvalue weighted by Gasteiger charge is 2.42. The predicted octanol–water partition coefficient (Wildman–Crippen LogP) is 5.09. The number of benzene rings is 3. The molecule has 1 aliphatic rings. The van der Waals surface area contributed by atoms with Gasteiger partial charge in [0.2, 0.25) is 11.8 Å². The number of pyridine rings is 1. The molecule has 1 aliphatic heterocycles. The highest BCUT2D eigenvalue weighted by molar-refractivity contribution is 6.30. The van der Waals surface area contributed by atoms with Crippen molar-refractivity contribution < 1.29 is 18.4 Å². The molecule has 40 heavy (non-hydrogen) atoms. The summed E-state index contributed by atoms with van der Waals surface area (Å²) in [5, 5.41) is 5.97. The minimum Gasteiger partial charge on any atom is -0.326 e. The molecule has 0 unspecified atom stereocenters. The Kier molecular flexibility index (Phi) is 8.04. The highest BCUT2D eigenvalue weighted by atomic mass is 35.5. The number of carbonyl (C=O) groups excluding carboxylic acids is 2. The van der Waals surface area contributed by atoms with Crippen molar-refractivity contribution in [3.05, 3.63) is 124 Å². The molecule has 2 amide bonds. The lowest BCUT2D eigenvalue weighted by atomic mass is 9.94. The van der Waals surface area contributed by atoms with Gasteiger partial charge in [-0.1, -0.05) is 29.8 Å². The monoisotopic (exact) mass is 562 g/mol. The summed E-state index contributed by atoms with van der Waals surface area (Å²) in [6.07, 6.45) is 1.52. The average molecular weight is 563 g/mol. The molecular weight excluding hydrogens is 538 g/mol. The summed E-state index contributed by atoms with van der Waals surface area (Å²) >= 11 is 5.94. The first-order valence-electron chi connectivity index (χ1n) is 12.6. The number of likely N-dealkylation sites (tertiary alicyclic amines) is 1. The van der Waals surface area contributed by atoms with Gasteiger partial charge in [0, 0.05) is 48.7 Å². The molecule has 2 heterocycles. The van der Waals surface area contributed by atoms with Gasteiger partial charge in [-0.3, -0.25) is 23.9 Å². The maximum Gasteiger partial charge on any atom is 0.255 e. The Bertz CT molecular complexity index is 1590. The van der Waals surface area contributed by atoms with Crippen molar-refractivity contribution in [2.24, 2.45) is 11.8 Å². The lowest BCUT2D eigenvalue weighted by Crippen LogP contribution is -2.35. The number of rotatable bonds is 7. The number of halogens is 3. The fraction of sp³-hybridized carbons (Fsp3) is 0.167. The third-order valence-electron chi connectivity index (χ3n) is 6.81. The second-order valence-electron chi connectivity index (χ2n) is 9.59. The number of aromatic nitrogens is 1. The van der Waals surface area contributed by atoms with E-state index < -0.39 is 23.6 Å². The van der Waals surface area contributed by atoms with Gasteiger partial charge in [-0.05, 0) is 60.2 Å². The van der Waals surface area contributed by atoms with Crippen LogP contribution in [-0.2, 0) is 16.1 Å². The van der Waals surface area contributed by atoms with Crippen molar-refractivity contribution in [1.82, 2.24) is 9.47 Å². The molecule has 7 nitrogen and oxygen atoms in total. The largest absolute Gasteiger partial charge is 0.326 e. The van der Waals surface area contributed by atoms with Crippen LogP contribution in [0.4, 0.5) is 20.2 Å². The van der Waals surface area contributed by atoms with E-state index in [4.69, 9.17) is 11.6 Å². The lowest BCUT2D eigenvalue weighted by Gasteiger charge is -2.18. The molecule has 4 aromatic rings. The Labute approximate surface area is 234 Å². The van der Waals surface area contributed by atoms with E-state index in [1.54, 1.807) is 48.5 Å². The zero-order valence-corrected chi connectivity index (χ0v) is 21.9. The van der Waals surface area contributed by atoms with Crippen LogP contribution < -0.4 is 16.2 Å². The number of hydrogen-bond acceptors (Lipinski definition) is 4. The summed E-state index contributed by atoms with van der Waals surface area (Å²) in [5.41, 5.74) is 1.29. The van der Waals surface area contributed by atoms with Crippen molar-refractivity contribution in [3.8, 4) is 5.69 Å². The summed E-state index contributed by atoms with van der Waals surface area (Å²) in [6.45, 7) is 0.915. The summed E-state index contributed by atoms with van der Waals surface area (Å²) < 4.78 is 29.7. The number of amides is 2. The SMILES string of the molecule is O=C(Nc1ccc(Cl)cc1)[C@H]1CN(Cc2ccc(F)cc2)C[C@@H]1C(=O)Nc1ccc(-n2ccccc2=O)cc1F. The van der Waals surface area contributed by atoms with Gasteiger partial charge in [0.1, 0.15) is 11.6 Å². The van der Waals surface area contributed by atoms with E-state index in [1.807, 2.05) is 4.90 Å². The quantitative estimate of drug-likeness (QED) is 0.328. The topological polar surface area (TPSA) is 83.4 Å². The van der Waals surface area contributed by atoms with Crippen LogP contribution in [0.3, 0.4) is 0 Å². The third kappa shape index (κ3) is 6.27. The van der Waals surface area contributed by atoms with Gasteiger partial charge in [0.05, 0.1) is 23.2 Å². The molecule has 1 saturated heterocycles. The first-order chi connectivity index (χ1) is 19.3. The molecular formula is C30H25ClF2N4O3. The van der Waals surface area contributed by atoms with Crippen LogP contribution in [0, 0.1) is 23.5 Å². The van der Waals surface area contributed by atoms with E-state index in [-0.39, 0.29) is 36.1 Å². The van der Waals surface area contributed by atoms with Crippen LogP contribution in [0.25, 0.3) is 5.69 Å². The number of nitrogens with one attached hydrogen (secondary N) is 2. The van der Waals surface area contributed by atoms with Gasteiger partial charge in [0.15, 0.2) is 0 Å². The van der Waals surface area contributed by atoms with Gasteiger partial charge < -0.3 is 10.6 Å². The molecule has 2 atom stereocenters. The second-order valence-corrected chi connectivity index (χ2v) is 10.0. The van der Waals surface area contributed by atoms with E-state index in [0.29, 0.717) is 22.9 Å². The number of carbonyl (C=O) groups is 2. The standard InChI is InChI=1S/C30H25ClF2N4O3/c31-20-6-10-22(11-7-20)34-29(39)24-17-36(16-19-4-8-21(32)9-5-19)18-25(24)30(40)35-27-13-12-23(15-26(27)33)37-14-2-1-3-28(37)38/h1-15,24-25H,16-18H2,(H,34,39)(H,35,40)/t24-,25-/m0/s1. The Balaban J connectivity index is 1.35. The molecule has 0 spiro atoms. The van der Waals surface area contributed by atoms with Gasteiger partial charge in [-0.2, -0.15) is 0 Å². The van der Waals surface area contributed by atoms with Crippen LogP contribution in [0.1, 0.15) is 5.56 Å². The molecule has 5 rings (SSSR count). The molecule has 1 fully saturated rings. The van der Waals surface area contributed by atoms with Gasteiger partial charge in [-0.25, -0.2) is 8.78 Å². The maximum atomic E-state index is 15.0. The molecule has 0 bridgehead atoms. The van der Waals surface area contributed by atoms with Crippen LogP contribution in [0.2, 0.25) is 5.02 Å². The number of nitrogens with zero attached hydrogens (tertiary/aromatic N) is 2. The Morgan fingerprint density at radius 3 is 2.17 bits per heavy atom. The third-order valence-corrected chi connectivity index (χ3v) is 7.06. The van der Waals surface area contributed by atoms with Crippen molar-refractivity contribution in [3.63, 3.8) is 0 Å². The van der Waals surface area contributed by atoms with E-state index in [0.717, 1.165) is 11.6 Å². The van der Waals surface area contributed by atoms with Crippen molar-refractivity contribution >= 4 is 34.8 Å². The Morgan fingerprint density at radius 1 is 0.850 bits per heavy atom. The molecule has 204 valence electrons. The van der Waals surface area contributed by atoms with Crippen molar-refractivity contribution in [2.45, 2.75) is 6.54 Å². The van der Waals surface area contributed by atoms with E-state index in [1.165, 1.54) is 41.1 Å². The lowest BCUT2D eigenvalue weighted by molar-refractivity contribution is -0.127. The molecule has 10 heteroatoms. The molecule has 0 saturated carbocycles. The highest BCUT2D eigenvalue weighted by Crippen LogP contribution is 2.29. The van der Waals surface area contributed by atoms with Gasteiger partial charge in [0.25, 0.3) is 5.56 Å². The summed E-state index contributed by atoms with van der Waals surface area (Å²) in [5.74, 6) is -3.47. The smallest absolute Gasteiger partial charge is 0.255 e. The molecule has 3 aromatic carbocycles. The van der Waals surface area contributed by atoms with E-state index >= 15 is 4.39 Å². The minimum atomic E-state index is -0.788. The van der Waals surface area contributed by atoms with E-state index in [2.05, 4.69) is 10.6 Å². The molecule has 0 aliphatic carbocycles. The molecule has 0 radical (unpaired) electrons. The zero-order chi connectivity index (χ0) is 28.2. The van der Waals surface area contributed by atoms with Crippen LogP contribution >= 0.6 is 11.6 Å². The fourth-order valence-corrected chi connectivity index (χ4v) is 4.91. The van der Waals surface area contributed by atoms with Crippen molar-refractivity contribution in [2.75, 3.05) is 23.7 Å². The van der Waals surface area contributed by atoms with Gasteiger partial charge >= 0.3 is 0 Å². The first-order valence-corrected chi connectivity index (χ1v) is 13.0. The Hall–Kier alpha value is -4.34. The molecule has 1 aromatic heterocycles. The maximum absolute atomic E-state index is 15.0. The fourth-order valence-electron chi connectivity index (χ4n) is 4.78. The van der Waals surface area contributed by atoms with E-state index in [9.17, 15) is 18.8 Å². The number of anilines is 2. The minimum absolute atomic E-state index is 0.0634. The Morgan fingerprint density at radius 2 is 1.52 bits per heavy atom. The van der Waals surface area contributed by atoms with Gasteiger partial charge in [-0.15, -0.1) is 0 Å². The van der Waals surface area contributed by atoms with Crippen molar-refractivity contribution in [1.29, 1.82) is 0 Å². The number of hydrogen-bond donors (Lipinski definition) is 2. The van der Waals surface area contributed by atoms with Crippen LogP contribution in [0.5, 0.6) is 0 Å². The predicted molar refractivity (Wildman–Crippen MR) is 149 cm³/mol. The van der Waals surface area contributed by atoms with Crippen LogP contribution in [0.15, 0.2) is 95.9 Å².